The zero-order valence-corrected chi connectivity index (χ0v) is 18.7. The number of aromatic nitrogens is 3. The molecule has 0 aliphatic rings. The molecule has 14 heteroatoms. The molecule has 4 rings (SSSR count). The van der Waals surface area contributed by atoms with Gasteiger partial charge >= 0.3 is 6.36 Å². The van der Waals surface area contributed by atoms with Crippen molar-refractivity contribution in [1.29, 1.82) is 0 Å². The number of hydrogen-bond acceptors (Lipinski definition) is 7. The summed E-state index contributed by atoms with van der Waals surface area (Å²) in [6.07, 6.45) is -2.08. The van der Waals surface area contributed by atoms with Gasteiger partial charge in [0.1, 0.15) is 11.5 Å². The maximum atomic E-state index is 14.8. The summed E-state index contributed by atoms with van der Waals surface area (Å²) in [5, 5.41) is 5.66. The summed E-state index contributed by atoms with van der Waals surface area (Å²) in [6, 6.07) is 7.77. The number of alkyl halides is 3. The lowest BCUT2D eigenvalue weighted by Crippen LogP contribution is -2.17. The highest BCUT2D eigenvalue weighted by atomic mass is 32.2. The first-order valence-electron chi connectivity index (χ1n) is 9.30. The van der Waals surface area contributed by atoms with E-state index in [1.54, 1.807) is 12.4 Å². The third-order valence-corrected chi connectivity index (χ3v) is 6.52. The minimum Gasteiger partial charge on any atom is -0.454 e. The monoisotopic (exact) mass is 514 g/mol. The van der Waals surface area contributed by atoms with Crippen molar-refractivity contribution in [3.63, 3.8) is 0 Å². The fourth-order valence-corrected chi connectivity index (χ4v) is 4.73. The Morgan fingerprint density at radius 1 is 1.06 bits per heavy atom. The quantitative estimate of drug-likeness (QED) is 0.342. The maximum absolute atomic E-state index is 14.8. The van der Waals surface area contributed by atoms with Crippen molar-refractivity contribution < 1.29 is 35.5 Å². The first-order chi connectivity index (χ1) is 16.0. The lowest BCUT2D eigenvalue weighted by Gasteiger charge is -2.15. The Labute approximate surface area is 194 Å². The van der Waals surface area contributed by atoms with E-state index < -0.39 is 28.0 Å². The molecule has 0 atom stereocenters. The van der Waals surface area contributed by atoms with Crippen molar-refractivity contribution in [2.24, 2.45) is 7.05 Å². The topological polar surface area (TPSA) is 95.3 Å². The number of hydrogen-bond donors (Lipinski definition) is 1. The predicted octanol–water partition coefficient (Wildman–Crippen LogP) is 5.17. The summed E-state index contributed by atoms with van der Waals surface area (Å²) in [5.74, 6) is -1.87. The molecule has 0 spiro atoms. The normalized spacial score (nSPS) is 11.9. The molecule has 0 aliphatic carbocycles. The standard InChI is InChI=1S/C20H14F4N4O4S2/c1-28-16(6-7-26-28)14-10-12(32-20(22,23)24)2-4-17(14)31-18-5-3-13(11-15(18)21)34(29,30)27-19-25-8-9-33-19/h2-11H,1H3,(H,25,27). The summed E-state index contributed by atoms with van der Waals surface area (Å²) in [7, 11) is -2.54. The van der Waals surface area contributed by atoms with Crippen molar-refractivity contribution in [2.75, 3.05) is 4.72 Å². The molecule has 0 radical (unpaired) electrons. The minimum absolute atomic E-state index is 0.00598. The van der Waals surface area contributed by atoms with Gasteiger partial charge in [-0.15, -0.1) is 24.5 Å². The Hall–Kier alpha value is -3.65. The van der Waals surface area contributed by atoms with Crippen LogP contribution in [0.5, 0.6) is 17.2 Å². The summed E-state index contributed by atoms with van der Waals surface area (Å²) >= 11 is 1.05. The van der Waals surface area contributed by atoms with E-state index in [2.05, 4.69) is 19.5 Å². The molecule has 34 heavy (non-hydrogen) atoms. The number of nitrogens with zero attached hydrogens (tertiary/aromatic N) is 3. The molecule has 1 N–H and O–H groups in total. The van der Waals surface area contributed by atoms with E-state index in [9.17, 15) is 26.0 Å². The van der Waals surface area contributed by atoms with Gasteiger partial charge < -0.3 is 9.47 Å². The molecule has 0 amide bonds. The molecule has 2 aromatic carbocycles. The Morgan fingerprint density at radius 3 is 2.44 bits per heavy atom. The Morgan fingerprint density at radius 2 is 1.82 bits per heavy atom. The number of nitrogens with one attached hydrogen (secondary N) is 1. The zero-order chi connectivity index (χ0) is 24.5. The van der Waals surface area contributed by atoms with Crippen molar-refractivity contribution in [3.05, 3.63) is 66.1 Å². The van der Waals surface area contributed by atoms with E-state index in [4.69, 9.17) is 4.74 Å². The van der Waals surface area contributed by atoms with E-state index in [1.807, 2.05) is 0 Å². The van der Waals surface area contributed by atoms with E-state index in [1.165, 1.54) is 29.2 Å². The number of thiazole rings is 1. The van der Waals surface area contributed by atoms with E-state index in [0.29, 0.717) is 5.69 Å². The van der Waals surface area contributed by atoms with Gasteiger partial charge in [0, 0.05) is 30.4 Å². The van der Waals surface area contributed by atoms with Crippen molar-refractivity contribution >= 4 is 26.5 Å². The molecule has 0 aliphatic heterocycles. The third kappa shape index (κ3) is 5.28. The summed E-state index contributed by atoms with van der Waals surface area (Å²) in [4.78, 5) is 3.45. The molecule has 0 unspecified atom stereocenters. The molecular weight excluding hydrogens is 500 g/mol. The fourth-order valence-electron chi connectivity index (χ4n) is 2.93. The van der Waals surface area contributed by atoms with Crippen LogP contribution >= 0.6 is 11.3 Å². The van der Waals surface area contributed by atoms with Gasteiger partial charge in [0.2, 0.25) is 0 Å². The molecule has 2 aromatic heterocycles. The first-order valence-corrected chi connectivity index (χ1v) is 11.7. The number of sulfonamides is 1. The second kappa shape index (κ2) is 8.95. The molecule has 8 nitrogen and oxygen atoms in total. The number of rotatable bonds is 7. The summed E-state index contributed by atoms with van der Waals surface area (Å²) in [5.41, 5.74) is 0.512. The number of anilines is 1. The highest BCUT2D eigenvalue weighted by molar-refractivity contribution is 7.93. The van der Waals surface area contributed by atoms with Gasteiger partial charge in [-0.1, -0.05) is 0 Å². The molecule has 0 saturated heterocycles. The second-order valence-corrected chi connectivity index (χ2v) is 9.26. The SMILES string of the molecule is Cn1nccc1-c1cc(OC(F)(F)F)ccc1Oc1ccc(S(=O)(=O)Nc2nccs2)cc1F. The van der Waals surface area contributed by atoms with Crippen LogP contribution in [0, 0.1) is 5.82 Å². The highest BCUT2D eigenvalue weighted by Gasteiger charge is 2.31. The molecule has 0 saturated carbocycles. The van der Waals surface area contributed by atoms with Crippen LogP contribution < -0.4 is 14.2 Å². The average molecular weight is 514 g/mol. The van der Waals surface area contributed by atoms with Gasteiger partial charge in [-0.05, 0) is 42.5 Å². The van der Waals surface area contributed by atoms with Gasteiger partial charge in [0.05, 0.1) is 10.6 Å². The van der Waals surface area contributed by atoms with Crippen molar-refractivity contribution in [1.82, 2.24) is 14.8 Å². The van der Waals surface area contributed by atoms with Crippen LogP contribution in [0.1, 0.15) is 0 Å². The second-order valence-electron chi connectivity index (χ2n) is 6.68. The molecule has 178 valence electrons. The summed E-state index contributed by atoms with van der Waals surface area (Å²) in [6.45, 7) is 0. The number of benzene rings is 2. The van der Waals surface area contributed by atoms with Gasteiger partial charge in [0.15, 0.2) is 16.7 Å². The van der Waals surface area contributed by atoms with Gasteiger partial charge in [-0.3, -0.25) is 9.40 Å². The van der Waals surface area contributed by atoms with E-state index in [0.717, 1.165) is 41.7 Å². The van der Waals surface area contributed by atoms with Crippen LogP contribution in [0.2, 0.25) is 0 Å². The fraction of sp³-hybridized carbons (Fsp3) is 0.100. The maximum Gasteiger partial charge on any atom is 0.573 e. The van der Waals surface area contributed by atoms with Gasteiger partial charge in [-0.2, -0.15) is 5.10 Å². The first kappa shape index (κ1) is 23.5. The zero-order valence-electron chi connectivity index (χ0n) is 17.1. The lowest BCUT2D eigenvalue weighted by atomic mass is 10.1. The predicted molar refractivity (Wildman–Crippen MR) is 115 cm³/mol. The lowest BCUT2D eigenvalue weighted by molar-refractivity contribution is -0.274. The average Bonchev–Trinajstić information content (AvgIpc) is 3.40. The molecule has 0 bridgehead atoms. The Bertz CT molecular complexity index is 1420. The minimum atomic E-state index is -4.91. The number of aryl methyl sites for hydroxylation is 1. The van der Waals surface area contributed by atoms with Crippen LogP contribution in [-0.2, 0) is 17.1 Å². The number of halogens is 4. The van der Waals surface area contributed by atoms with Gasteiger partial charge in [-0.25, -0.2) is 17.8 Å². The van der Waals surface area contributed by atoms with E-state index >= 15 is 0 Å². The molecule has 4 aromatic rings. The van der Waals surface area contributed by atoms with Crippen LogP contribution in [0.3, 0.4) is 0 Å². The van der Waals surface area contributed by atoms with Crippen molar-refractivity contribution in [2.45, 2.75) is 11.3 Å². The van der Waals surface area contributed by atoms with Crippen molar-refractivity contribution in [3.8, 4) is 28.5 Å². The van der Waals surface area contributed by atoms with Crippen LogP contribution in [0.15, 0.2) is 65.1 Å². The molecule has 2 heterocycles. The van der Waals surface area contributed by atoms with Crippen LogP contribution in [-0.4, -0.2) is 29.5 Å². The number of ether oxygens (including phenoxy) is 2. The molecular formula is C20H14F4N4O4S2. The molecule has 0 fully saturated rings. The van der Waals surface area contributed by atoms with E-state index in [-0.39, 0.29) is 27.1 Å². The summed E-state index contributed by atoms with van der Waals surface area (Å²) < 4.78 is 90.9. The smallest absolute Gasteiger partial charge is 0.454 e. The third-order valence-electron chi connectivity index (χ3n) is 4.37. The Kier molecular flexibility index (Phi) is 6.18. The van der Waals surface area contributed by atoms with Crippen LogP contribution in [0.25, 0.3) is 11.3 Å². The largest absolute Gasteiger partial charge is 0.573 e. The highest BCUT2D eigenvalue weighted by Crippen LogP contribution is 2.38. The van der Waals surface area contributed by atoms with Crippen LogP contribution in [0.4, 0.5) is 22.7 Å². The Balaban J connectivity index is 1.66. The van der Waals surface area contributed by atoms with Gasteiger partial charge in [0.25, 0.3) is 10.0 Å².